The zero-order valence-electron chi connectivity index (χ0n) is 77.2. The molecule has 2 heterocycles. The fourth-order valence-corrected chi connectivity index (χ4v) is 24.4. The van der Waals surface area contributed by atoms with E-state index in [0.29, 0.717) is 0 Å². The van der Waals surface area contributed by atoms with E-state index >= 15 is 0 Å². The monoisotopic (exact) mass is 1790 g/mol. The molecule has 0 saturated carbocycles. The third-order valence-corrected chi connectivity index (χ3v) is 30.8. The Morgan fingerprint density at radius 3 is 0.669 bits per heavy atom. The third kappa shape index (κ3) is 12.5. The van der Waals surface area contributed by atoms with E-state index < -0.39 is 0 Å². The van der Waals surface area contributed by atoms with Gasteiger partial charge in [-0.15, -0.1) is 0 Å². The summed E-state index contributed by atoms with van der Waals surface area (Å²) in [5, 5.41) is 38.4. The number of benzene rings is 28. The maximum atomic E-state index is 7.16. The second kappa shape index (κ2) is 31.5. The molecule has 0 unspecified atom stereocenters. The first kappa shape index (κ1) is 79.6. The highest BCUT2D eigenvalue weighted by Crippen LogP contribution is 2.54. The van der Waals surface area contributed by atoms with Gasteiger partial charge in [0.15, 0.2) is 0 Å². The smallest absolute Gasteiger partial charge is 0.143 e. The predicted octanol–water partition coefficient (Wildman–Crippen LogP) is 40.0. The van der Waals surface area contributed by atoms with Crippen molar-refractivity contribution in [2.45, 2.75) is 0 Å². The first-order valence-corrected chi connectivity index (χ1v) is 49.2. The van der Waals surface area contributed by atoms with Gasteiger partial charge in [0.25, 0.3) is 0 Å². The molecule has 0 aliphatic heterocycles. The van der Waals surface area contributed by atoms with E-state index in [4.69, 9.17) is 8.83 Å². The number of rotatable bonds is 11. The average molecular weight is 1800 g/mol. The van der Waals surface area contributed by atoms with Crippen LogP contribution >= 0.6 is 0 Å². The van der Waals surface area contributed by atoms with E-state index in [2.05, 4.69) is 497 Å². The van der Waals surface area contributed by atoms with E-state index in [1.165, 1.54) is 257 Å². The van der Waals surface area contributed by atoms with Crippen molar-refractivity contribution in [1.82, 2.24) is 0 Å². The molecular weight excluding hydrogens is 1710 g/mol. The van der Waals surface area contributed by atoms with E-state index in [1.807, 2.05) is 0 Å². The second-order valence-corrected chi connectivity index (χ2v) is 38.6. The molecular formula is C140H82O2. The van der Waals surface area contributed by atoms with Crippen LogP contribution in [0.15, 0.2) is 506 Å². The molecule has 30 rings (SSSR count). The van der Waals surface area contributed by atoms with Crippen LogP contribution in [0.5, 0.6) is 0 Å². The van der Waals surface area contributed by atoms with Gasteiger partial charge in [0.1, 0.15) is 22.3 Å². The summed E-state index contributed by atoms with van der Waals surface area (Å²) >= 11 is 0. The molecule has 30 aromatic rings. The minimum atomic E-state index is 0.859. The van der Waals surface area contributed by atoms with Gasteiger partial charge in [0.2, 0.25) is 0 Å². The van der Waals surface area contributed by atoms with Crippen LogP contribution in [0.3, 0.4) is 0 Å². The van der Waals surface area contributed by atoms with Gasteiger partial charge in [0, 0.05) is 32.7 Å². The maximum absolute atomic E-state index is 7.16. The van der Waals surface area contributed by atoms with Crippen LogP contribution in [0.4, 0.5) is 0 Å². The molecule has 0 saturated heterocycles. The molecule has 2 nitrogen and oxygen atoms in total. The summed E-state index contributed by atoms with van der Waals surface area (Å²) < 4.78 is 13.6. The van der Waals surface area contributed by atoms with Gasteiger partial charge < -0.3 is 8.83 Å². The van der Waals surface area contributed by atoms with E-state index in [0.717, 1.165) is 60.6 Å². The summed E-state index contributed by atoms with van der Waals surface area (Å²) in [5.74, 6) is 0. The predicted molar refractivity (Wildman–Crippen MR) is 606 cm³/mol. The quantitative estimate of drug-likeness (QED) is 0.121. The molecule has 142 heavy (non-hydrogen) atoms. The van der Waals surface area contributed by atoms with Crippen LogP contribution in [0.1, 0.15) is 0 Å². The van der Waals surface area contributed by atoms with E-state index in [1.54, 1.807) is 0 Å². The Morgan fingerprint density at radius 1 is 0.106 bits per heavy atom. The Labute approximate surface area is 817 Å². The summed E-state index contributed by atoms with van der Waals surface area (Å²) in [6, 6.07) is 186. The van der Waals surface area contributed by atoms with Gasteiger partial charge in [-0.25, -0.2) is 0 Å². The average Bonchev–Trinajstić information content (AvgIpc) is 1.26. The standard InChI is InChI=1S/C140H82O2/c1-2-24-88-72-97(63-51-83(88)23-1)131-107-25-3-7-29-111(107)133(112-30-8-4-26-108(112)131)99-64-52-84-48-57-93(75-103(84)78-99)95-59-50-87-55-67-102(81-106(87)77-95)136-117-35-13-17-39-121(117)138(122-40-18-14-36-118(122)136)126-44-21-42-123-127-82-96(69-70-129(127)142-140(123)126)90-60-61-91-73-98(68-62-89(91)71-90)132-109-27-5-9-31-113(109)134(114-32-10-6-28-110(114)132)100-65-53-85-47-56-92(74-104(85)79-100)94-58-49-86-54-66-101(80-105(86)76-94)135-115-33-11-15-37-119(115)137(120-38-16-12-34-116(120)135)125-43-22-46-130-139(125)124-41-19-20-45-128(124)141-130/h1-82H. The largest absolute Gasteiger partial charge is 0.456 e. The van der Waals surface area contributed by atoms with Crippen molar-refractivity contribution in [1.29, 1.82) is 0 Å². The fraction of sp³-hybridized carbons (Fsp3) is 0. The first-order chi connectivity index (χ1) is 70.4. The Morgan fingerprint density at radius 2 is 0.317 bits per heavy atom. The Balaban J connectivity index is 0.457. The number of para-hydroxylation sites is 2. The molecule has 0 bridgehead atoms. The number of hydrogen-bond acceptors (Lipinski definition) is 2. The summed E-state index contributed by atoms with van der Waals surface area (Å²) in [6.45, 7) is 0. The highest BCUT2D eigenvalue weighted by atomic mass is 16.3. The minimum absolute atomic E-state index is 0.859. The maximum Gasteiger partial charge on any atom is 0.143 e. The molecule has 0 aliphatic carbocycles. The van der Waals surface area contributed by atoms with Crippen LogP contribution in [0.25, 0.3) is 317 Å². The van der Waals surface area contributed by atoms with Gasteiger partial charge in [-0.2, -0.15) is 0 Å². The molecule has 0 fully saturated rings. The Bertz CT molecular complexity index is 10500. The van der Waals surface area contributed by atoms with Crippen molar-refractivity contribution in [3.05, 3.63) is 497 Å². The lowest BCUT2D eigenvalue weighted by Gasteiger charge is -2.19. The fourth-order valence-electron chi connectivity index (χ4n) is 24.4. The van der Waals surface area contributed by atoms with E-state index in [9.17, 15) is 0 Å². The van der Waals surface area contributed by atoms with Gasteiger partial charge in [-0.3, -0.25) is 0 Å². The summed E-state index contributed by atoms with van der Waals surface area (Å²) in [5.41, 5.74) is 29.8. The molecule has 0 spiro atoms. The van der Waals surface area contributed by atoms with Crippen LogP contribution < -0.4 is 0 Å². The van der Waals surface area contributed by atoms with Crippen LogP contribution in [-0.2, 0) is 0 Å². The van der Waals surface area contributed by atoms with Gasteiger partial charge in [-0.1, -0.05) is 406 Å². The number of furan rings is 2. The minimum Gasteiger partial charge on any atom is -0.456 e. The zero-order chi connectivity index (χ0) is 92.9. The lowest BCUT2D eigenvalue weighted by atomic mass is 9.84. The lowest BCUT2D eigenvalue weighted by molar-refractivity contribution is 0.669. The van der Waals surface area contributed by atoms with Crippen LogP contribution in [0.2, 0.25) is 0 Å². The highest BCUT2D eigenvalue weighted by Gasteiger charge is 2.27. The lowest BCUT2D eigenvalue weighted by Crippen LogP contribution is -1.91. The van der Waals surface area contributed by atoms with Crippen molar-refractivity contribution in [2.75, 3.05) is 0 Å². The van der Waals surface area contributed by atoms with Crippen molar-refractivity contribution < 1.29 is 8.83 Å². The Kier molecular flexibility index (Phi) is 17.6. The SMILES string of the molecule is c1ccc2cc(-c3c4ccccc4c(-c4ccc5ccc(-c6ccc7ccc(-c8c9ccccc9c(-c9cccc%10c9oc9ccc(-c%11ccc%12cc(-c%13c%14ccccc%14c(-c%14ccc%15ccc(-c%16ccc%17ccc(-c%18c%19ccccc%19c(-c%19cccc%20oc%21ccccc%21c%19%20)c%19ccccc%18%19)cc%17c%16)cc%15c%14)c%14ccccc%13%14)ccc%12c%11)cc9%10)c9ccccc89)cc7c6)cc5c4)c4ccccc34)ccc2c1. The zero-order valence-corrected chi connectivity index (χ0v) is 77.2. The molecule has 654 valence electrons. The highest BCUT2D eigenvalue weighted by molar-refractivity contribution is 6.30. The second-order valence-electron chi connectivity index (χ2n) is 38.6. The van der Waals surface area contributed by atoms with E-state index in [-0.39, 0.29) is 0 Å². The molecule has 0 amide bonds. The molecule has 28 aromatic carbocycles. The third-order valence-electron chi connectivity index (χ3n) is 30.8. The van der Waals surface area contributed by atoms with Crippen LogP contribution in [0, 0.1) is 0 Å². The topological polar surface area (TPSA) is 26.3 Å². The van der Waals surface area contributed by atoms with Gasteiger partial charge in [0.05, 0.1) is 0 Å². The normalized spacial score (nSPS) is 12.1. The number of fused-ring (bicyclic) bond motifs is 20. The van der Waals surface area contributed by atoms with Gasteiger partial charge >= 0.3 is 0 Å². The number of hydrogen-bond donors (Lipinski definition) is 0. The molecule has 0 aliphatic rings. The first-order valence-electron chi connectivity index (χ1n) is 49.2. The van der Waals surface area contributed by atoms with Crippen molar-refractivity contribution in [3.8, 4) is 122 Å². The van der Waals surface area contributed by atoms with Gasteiger partial charge in [-0.05, 0) is 353 Å². The summed E-state index contributed by atoms with van der Waals surface area (Å²) in [7, 11) is 0. The summed E-state index contributed by atoms with van der Waals surface area (Å²) in [6.07, 6.45) is 0. The van der Waals surface area contributed by atoms with Crippen molar-refractivity contribution in [3.63, 3.8) is 0 Å². The molecule has 0 atom stereocenters. The summed E-state index contributed by atoms with van der Waals surface area (Å²) in [4.78, 5) is 0. The molecule has 2 heteroatoms. The molecule has 0 radical (unpaired) electrons. The van der Waals surface area contributed by atoms with Crippen molar-refractivity contribution >= 4 is 195 Å². The van der Waals surface area contributed by atoms with Crippen LogP contribution in [-0.4, -0.2) is 0 Å². The molecule has 2 aromatic heterocycles. The van der Waals surface area contributed by atoms with Crippen molar-refractivity contribution in [2.24, 2.45) is 0 Å². The molecule has 0 N–H and O–H groups in total. The Hall–Kier alpha value is -18.6.